The molecule has 0 saturated heterocycles. The van der Waals surface area contributed by atoms with Crippen molar-refractivity contribution in [3.05, 3.63) is 71.9 Å². The zero-order valence-corrected chi connectivity index (χ0v) is 13.7. The second-order valence-corrected chi connectivity index (χ2v) is 5.86. The molecule has 0 unspecified atom stereocenters. The number of aryl methyl sites for hydroxylation is 1. The van der Waals surface area contributed by atoms with Gasteiger partial charge in [0.25, 0.3) is 0 Å². The lowest BCUT2D eigenvalue weighted by Crippen LogP contribution is -2.00. The molecule has 23 heavy (non-hydrogen) atoms. The minimum atomic E-state index is 0.581. The van der Waals surface area contributed by atoms with Crippen LogP contribution in [-0.4, -0.2) is 4.98 Å². The first-order valence-corrected chi connectivity index (χ1v) is 8.42. The quantitative estimate of drug-likeness (QED) is 0.534. The molecule has 3 aromatic rings. The standard InChI is InChI=1S/C21H23NO/c1-2-3-5-11-19-14-13-18-12-8-15-22-20(18)21(19)23-16-17-9-6-4-7-10-17/h4,6-10,12-15H,2-3,5,11,16H2,1H3. The molecule has 0 saturated carbocycles. The number of nitrogens with zero attached hydrogens (tertiary/aromatic N) is 1. The molecule has 0 fully saturated rings. The number of benzene rings is 2. The van der Waals surface area contributed by atoms with Crippen LogP contribution in [0.5, 0.6) is 5.75 Å². The highest BCUT2D eigenvalue weighted by molar-refractivity contribution is 5.85. The van der Waals surface area contributed by atoms with Crippen molar-refractivity contribution in [2.75, 3.05) is 0 Å². The summed E-state index contributed by atoms with van der Waals surface area (Å²) in [7, 11) is 0. The van der Waals surface area contributed by atoms with Crippen LogP contribution in [0.3, 0.4) is 0 Å². The smallest absolute Gasteiger partial charge is 0.149 e. The number of pyridine rings is 1. The maximum atomic E-state index is 6.20. The summed E-state index contributed by atoms with van der Waals surface area (Å²) in [5.41, 5.74) is 3.41. The van der Waals surface area contributed by atoms with Gasteiger partial charge in [-0.15, -0.1) is 0 Å². The Labute approximate surface area is 138 Å². The Morgan fingerprint density at radius 1 is 0.913 bits per heavy atom. The van der Waals surface area contributed by atoms with Gasteiger partial charge in [0.2, 0.25) is 0 Å². The molecule has 118 valence electrons. The first-order chi connectivity index (χ1) is 11.4. The van der Waals surface area contributed by atoms with Crippen molar-refractivity contribution in [3.8, 4) is 5.75 Å². The minimum Gasteiger partial charge on any atom is -0.486 e. The van der Waals surface area contributed by atoms with Crippen LogP contribution in [-0.2, 0) is 13.0 Å². The van der Waals surface area contributed by atoms with E-state index in [1.54, 1.807) is 0 Å². The van der Waals surface area contributed by atoms with Crippen molar-refractivity contribution in [3.63, 3.8) is 0 Å². The normalized spacial score (nSPS) is 10.8. The topological polar surface area (TPSA) is 22.1 Å². The number of fused-ring (bicyclic) bond motifs is 1. The zero-order chi connectivity index (χ0) is 15.9. The molecule has 3 rings (SSSR count). The highest BCUT2D eigenvalue weighted by atomic mass is 16.5. The molecule has 0 aliphatic carbocycles. The molecule has 0 N–H and O–H groups in total. The molecule has 0 aliphatic heterocycles. The Morgan fingerprint density at radius 2 is 1.78 bits per heavy atom. The second kappa shape index (κ2) is 7.77. The summed E-state index contributed by atoms with van der Waals surface area (Å²) in [4.78, 5) is 4.56. The van der Waals surface area contributed by atoms with Crippen LogP contribution in [0, 0.1) is 0 Å². The van der Waals surface area contributed by atoms with E-state index < -0.39 is 0 Å². The summed E-state index contributed by atoms with van der Waals surface area (Å²) >= 11 is 0. The molecule has 1 aromatic heterocycles. The SMILES string of the molecule is CCCCCc1ccc2cccnc2c1OCc1ccccc1. The van der Waals surface area contributed by atoms with Gasteiger partial charge in [-0.25, -0.2) is 0 Å². The lowest BCUT2D eigenvalue weighted by Gasteiger charge is -2.14. The van der Waals surface area contributed by atoms with E-state index in [1.807, 2.05) is 30.5 Å². The highest BCUT2D eigenvalue weighted by Crippen LogP contribution is 2.30. The van der Waals surface area contributed by atoms with E-state index in [4.69, 9.17) is 4.74 Å². The first-order valence-electron chi connectivity index (χ1n) is 8.42. The monoisotopic (exact) mass is 305 g/mol. The van der Waals surface area contributed by atoms with Crippen LogP contribution in [0.15, 0.2) is 60.8 Å². The van der Waals surface area contributed by atoms with E-state index in [2.05, 4.69) is 42.2 Å². The number of unbranched alkanes of at least 4 members (excludes halogenated alkanes) is 2. The van der Waals surface area contributed by atoms with Gasteiger partial charge >= 0.3 is 0 Å². The Balaban J connectivity index is 1.88. The average Bonchev–Trinajstić information content (AvgIpc) is 2.61. The second-order valence-electron chi connectivity index (χ2n) is 5.86. The van der Waals surface area contributed by atoms with E-state index in [-0.39, 0.29) is 0 Å². The molecule has 1 heterocycles. The van der Waals surface area contributed by atoms with Crippen molar-refractivity contribution >= 4 is 10.9 Å². The molecular weight excluding hydrogens is 282 g/mol. The van der Waals surface area contributed by atoms with Gasteiger partial charge in [0.05, 0.1) is 0 Å². The molecular formula is C21H23NO. The first kappa shape index (κ1) is 15.5. The molecule has 0 bridgehead atoms. The lowest BCUT2D eigenvalue weighted by molar-refractivity contribution is 0.306. The largest absolute Gasteiger partial charge is 0.486 e. The predicted octanol–water partition coefficient (Wildman–Crippen LogP) is 5.55. The Morgan fingerprint density at radius 3 is 2.61 bits per heavy atom. The number of hydrogen-bond donors (Lipinski definition) is 0. The van der Waals surface area contributed by atoms with E-state index in [9.17, 15) is 0 Å². The van der Waals surface area contributed by atoms with Gasteiger partial charge in [-0.05, 0) is 30.0 Å². The van der Waals surface area contributed by atoms with E-state index in [0.717, 1.165) is 23.1 Å². The number of aromatic nitrogens is 1. The van der Waals surface area contributed by atoms with Gasteiger partial charge < -0.3 is 4.74 Å². The fourth-order valence-corrected chi connectivity index (χ4v) is 2.81. The van der Waals surface area contributed by atoms with Gasteiger partial charge in [0.1, 0.15) is 17.9 Å². The summed E-state index contributed by atoms with van der Waals surface area (Å²) < 4.78 is 6.20. The Bertz CT molecular complexity index is 752. The van der Waals surface area contributed by atoms with Gasteiger partial charge in [0, 0.05) is 11.6 Å². The van der Waals surface area contributed by atoms with Gasteiger partial charge in [-0.1, -0.05) is 68.3 Å². The molecule has 0 radical (unpaired) electrons. The predicted molar refractivity (Wildman–Crippen MR) is 95.7 cm³/mol. The van der Waals surface area contributed by atoms with Crippen LogP contribution in [0.25, 0.3) is 10.9 Å². The van der Waals surface area contributed by atoms with E-state index in [1.165, 1.54) is 30.4 Å². The van der Waals surface area contributed by atoms with Crippen LogP contribution in [0.1, 0.15) is 37.3 Å². The van der Waals surface area contributed by atoms with Crippen LogP contribution >= 0.6 is 0 Å². The third kappa shape index (κ3) is 3.89. The molecule has 0 aliphatic rings. The fourth-order valence-electron chi connectivity index (χ4n) is 2.81. The minimum absolute atomic E-state index is 0.581. The highest BCUT2D eigenvalue weighted by Gasteiger charge is 2.10. The van der Waals surface area contributed by atoms with Crippen molar-refractivity contribution in [2.45, 2.75) is 39.2 Å². The maximum absolute atomic E-state index is 6.20. The van der Waals surface area contributed by atoms with Crippen molar-refractivity contribution in [1.29, 1.82) is 0 Å². The fraction of sp³-hybridized carbons (Fsp3) is 0.286. The van der Waals surface area contributed by atoms with Gasteiger partial charge in [-0.3, -0.25) is 4.98 Å². The summed E-state index contributed by atoms with van der Waals surface area (Å²) in [6.07, 6.45) is 6.55. The average molecular weight is 305 g/mol. The Hall–Kier alpha value is -2.35. The third-order valence-electron chi connectivity index (χ3n) is 4.09. The van der Waals surface area contributed by atoms with Crippen molar-refractivity contribution in [1.82, 2.24) is 4.98 Å². The molecule has 2 nitrogen and oxygen atoms in total. The maximum Gasteiger partial charge on any atom is 0.149 e. The molecule has 0 atom stereocenters. The number of rotatable bonds is 7. The zero-order valence-electron chi connectivity index (χ0n) is 13.7. The molecule has 0 spiro atoms. The van der Waals surface area contributed by atoms with Crippen molar-refractivity contribution in [2.24, 2.45) is 0 Å². The van der Waals surface area contributed by atoms with Crippen LogP contribution in [0.2, 0.25) is 0 Å². The van der Waals surface area contributed by atoms with E-state index in [0.29, 0.717) is 6.61 Å². The Kier molecular flexibility index (Phi) is 5.25. The summed E-state index contributed by atoms with van der Waals surface area (Å²) in [5, 5.41) is 1.13. The van der Waals surface area contributed by atoms with Crippen LogP contribution in [0.4, 0.5) is 0 Å². The van der Waals surface area contributed by atoms with E-state index >= 15 is 0 Å². The lowest BCUT2D eigenvalue weighted by atomic mass is 10.0. The number of ether oxygens (including phenoxy) is 1. The molecule has 0 amide bonds. The number of hydrogen-bond acceptors (Lipinski definition) is 2. The summed E-state index contributed by atoms with van der Waals surface area (Å²) in [6.45, 7) is 2.81. The van der Waals surface area contributed by atoms with Gasteiger partial charge in [0.15, 0.2) is 0 Å². The van der Waals surface area contributed by atoms with Crippen LogP contribution < -0.4 is 4.74 Å². The van der Waals surface area contributed by atoms with Gasteiger partial charge in [-0.2, -0.15) is 0 Å². The molecule has 2 aromatic carbocycles. The molecule has 2 heteroatoms. The van der Waals surface area contributed by atoms with Crippen molar-refractivity contribution < 1.29 is 4.74 Å². The summed E-state index contributed by atoms with van der Waals surface area (Å²) in [6, 6.07) is 18.7. The third-order valence-corrected chi connectivity index (χ3v) is 4.09. The summed E-state index contributed by atoms with van der Waals surface area (Å²) in [5.74, 6) is 0.947.